The molecule has 0 aromatic carbocycles. The molecule has 0 unspecified atom stereocenters. The molecule has 19 heavy (non-hydrogen) atoms. The highest BCUT2D eigenvalue weighted by molar-refractivity contribution is 5.84. The molecule has 5 nitrogen and oxygen atoms in total. The van der Waals surface area contributed by atoms with Gasteiger partial charge in [0.15, 0.2) is 0 Å². The van der Waals surface area contributed by atoms with E-state index < -0.39 is 12.0 Å². The lowest BCUT2D eigenvalue weighted by molar-refractivity contribution is -0.149. The molecular formula is C14H24N2O3. The van der Waals surface area contributed by atoms with Gasteiger partial charge in [0.25, 0.3) is 0 Å². The third-order valence-corrected chi connectivity index (χ3v) is 4.73. The Morgan fingerprint density at radius 3 is 2.47 bits per heavy atom. The Labute approximate surface area is 114 Å². The third-order valence-electron chi connectivity index (χ3n) is 4.73. The number of carbonyl (C=O) groups is 2. The fourth-order valence-corrected chi connectivity index (χ4v) is 3.50. The van der Waals surface area contributed by atoms with Crippen LogP contribution in [0, 0.1) is 5.41 Å². The molecule has 0 bridgehead atoms. The summed E-state index contributed by atoms with van der Waals surface area (Å²) in [6.07, 6.45) is 7.28. The number of hydrogen-bond acceptors (Lipinski definition) is 3. The summed E-state index contributed by atoms with van der Waals surface area (Å²) >= 11 is 0. The van der Waals surface area contributed by atoms with E-state index in [0.29, 0.717) is 25.9 Å². The van der Waals surface area contributed by atoms with Crippen LogP contribution in [-0.4, -0.2) is 41.0 Å². The van der Waals surface area contributed by atoms with Crippen LogP contribution in [0.25, 0.3) is 0 Å². The van der Waals surface area contributed by atoms with Gasteiger partial charge in [-0.3, -0.25) is 4.79 Å². The fraction of sp³-hybridized carbons (Fsp3) is 0.857. The van der Waals surface area contributed by atoms with Crippen LogP contribution in [0.3, 0.4) is 0 Å². The van der Waals surface area contributed by atoms with E-state index in [-0.39, 0.29) is 11.3 Å². The topological polar surface area (TPSA) is 83.6 Å². The van der Waals surface area contributed by atoms with Crippen LogP contribution < -0.4 is 5.73 Å². The molecule has 5 heteroatoms. The zero-order chi connectivity index (χ0) is 13.9. The number of carbonyl (C=O) groups excluding carboxylic acids is 1. The van der Waals surface area contributed by atoms with Gasteiger partial charge in [-0.05, 0) is 37.6 Å². The normalized spacial score (nSPS) is 26.4. The van der Waals surface area contributed by atoms with Crippen molar-refractivity contribution in [2.45, 2.75) is 57.4 Å². The minimum absolute atomic E-state index is 0.0164. The van der Waals surface area contributed by atoms with Gasteiger partial charge in [0.05, 0.1) is 0 Å². The molecule has 1 aliphatic heterocycles. The van der Waals surface area contributed by atoms with Gasteiger partial charge in [0.1, 0.15) is 6.04 Å². The summed E-state index contributed by atoms with van der Waals surface area (Å²) in [6, 6.07) is -0.620. The van der Waals surface area contributed by atoms with Crippen LogP contribution in [0.4, 0.5) is 0 Å². The van der Waals surface area contributed by atoms with Crippen molar-refractivity contribution in [2.75, 3.05) is 13.1 Å². The average molecular weight is 268 g/mol. The first kappa shape index (κ1) is 14.3. The largest absolute Gasteiger partial charge is 0.480 e. The Balaban J connectivity index is 2.01. The molecule has 1 saturated carbocycles. The number of rotatable bonds is 4. The first-order valence-electron chi connectivity index (χ1n) is 7.30. The molecule has 2 fully saturated rings. The maximum Gasteiger partial charge on any atom is 0.326 e. The number of nitrogens with zero attached hydrogens (tertiary/aromatic N) is 1. The summed E-state index contributed by atoms with van der Waals surface area (Å²) in [4.78, 5) is 25.1. The van der Waals surface area contributed by atoms with Gasteiger partial charge in [-0.25, -0.2) is 4.79 Å². The van der Waals surface area contributed by atoms with Crippen LogP contribution in [0.1, 0.15) is 51.4 Å². The zero-order valence-electron chi connectivity index (χ0n) is 11.4. The van der Waals surface area contributed by atoms with Crippen LogP contribution in [0.15, 0.2) is 0 Å². The molecule has 0 radical (unpaired) electrons. The van der Waals surface area contributed by atoms with Gasteiger partial charge in [-0.1, -0.05) is 19.3 Å². The fourth-order valence-electron chi connectivity index (χ4n) is 3.50. The minimum Gasteiger partial charge on any atom is -0.480 e. The number of hydrogen-bond donors (Lipinski definition) is 2. The summed E-state index contributed by atoms with van der Waals surface area (Å²) in [5.74, 6) is -0.895. The molecule has 3 N–H and O–H groups in total. The number of nitrogens with two attached hydrogens (primary N) is 1. The average Bonchev–Trinajstić information content (AvgIpc) is 2.89. The SMILES string of the molecule is NCC1(CC(=O)N2CCC[C@H]2C(=O)O)CCCCC1. The monoisotopic (exact) mass is 268 g/mol. The summed E-state index contributed by atoms with van der Waals surface area (Å²) < 4.78 is 0. The molecule has 1 amide bonds. The highest BCUT2D eigenvalue weighted by Gasteiger charge is 2.39. The summed E-state index contributed by atoms with van der Waals surface area (Å²) in [7, 11) is 0. The van der Waals surface area contributed by atoms with E-state index in [2.05, 4.69) is 0 Å². The quantitative estimate of drug-likeness (QED) is 0.806. The van der Waals surface area contributed by atoms with E-state index in [4.69, 9.17) is 10.8 Å². The molecule has 2 rings (SSSR count). The van der Waals surface area contributed by atoms with Gasteiger partial charge in [0, 0.05) is 13.0 Å². The van der Waals surface area contributed by atoms with Gasteiger partial charge < -0.3 is 15.7 Å². The van der Waals surface area contributed by atoms with Crippen molar-refractivity contribution in [3.05, 3.63) is 0 Å². The maximum absolute atomic E-state index is 12.4. The molecule has 108 valence electrons. The van der Waals surface area contributed by atoms with E-state index in [1.807, 2.05) is 0 Å². The Morgan fingerprint density at radius 1 is 1.21 bits per heavy atom. The molecule has 0 spiro atoms. The number of carboxylic acid groups (broad SMARTS) is 1. The zero-order valence-corrected chi connectivity index (χ0v) is 11.4. The second-order valence-corrected chi connectivity index (χ2v) is 6.02. The summed E-state index contributed by atoms with van der Waals surface area (Å²) in [5.41, 5.74) is 5.81. The van der Waals surface area contributed by atoms with Gasteiger partial charge in [-0.2, -0.15) is 0 Å². The lowest BCUT2D eigenvalue weighted by Crippen LogP contribution is -2.44. The molecule has 0 aromatic heterocycles. The molecule has 1 aliphatic carbocycles. The number of aliphatic carboxylic acids is 1. The Hall–Kier alpha value is -1.10. The second-order valence-electron chi connectivity index (χ2n) is 6.02. The van der Waals surface area contributed by atoms with Crippen molar-refractivity contribution < 1.29 is 14.7 Å². The molecule has 2 aliphatic rings. The third kappa shape index (κ3) is 3.08. The Kier molecular flexibility index (Phi) is 4.45. The van der Waals surface area contributed by atoms with Crippen LogP contribution in [-0.2, 0) is 9.59 Å². The van der Waals surface area contributed by atoms with E-state index in [9.17, 15) is 9.59 Å². The first-order valence-corrected chi connectivity index (χ1v) is 7.30. The summed E-state index contributed by atoms with van der Waals surface area (Å²) in [6.45, 7) is 1.11. The van der Waals surface area contributed by atoms with Crippen molar-refractivity contribution >= 4 is 11.9 Å². The molecule has 0 aromatic rings. The minimum atomic E-state index is -0.878. The van der Waals surface area contributed by atoms with Gasteiger partial charge in [-0.15, -0.1) is 0 Å². The molecular weight excluding hydrogens is 244 g/mol. The van der Waals surface area contributed by atoms with E-state index in [1.165, 1.54) is 6.42 Å². The lowest BCUT2D eigenvalue weighted by Gasteiger charge is -2.37. The van der Waals surface area contributed by atoms with Crippen molar-refractivity contribution in [1.29, 1.82) is 0 Å². The predicted octanol–water partition coefficient (Wildman–Crippen LogP) is 1.36. The Bertz CT molecular complexity index is 351. The highest BCUT2D eigenvalue weighted by Crippen LogP contribution is 2.39. The van der Waals surface area contributed by atoms with Crippen LogP contribution in [0.5, 0.6) is 0 Å². The van der Waals surface area contributed by atoms with Crippen molar-refractivity contribution in [3.63, 3.8) is 0 Å². The van der Waals surface area contributed by atoms with E-state index in [0.717, 1.165) is 32.1 Å². The van der Waals surface area contributed by atoms with Gasteiger partial charge in [0.2, 0.25) is 5.91 Å². The predicted molar refractivity (Wildman–Crippen MR) is 71.6 cm³/mol. The number of likely N-dealkylation sites (tertiary alicyclic amines) is 1. The lowest BCUT2D eigenvalue weighted by atomic mass is 9.71. The highest BCUT2D eigenvalue weighted by atomic mass is 16.4. The first-order chi connectivity index (χ1) is 9.08. The number of carboxylic acids is 1. The van der Waals surface area contributed by atoms with Crippen LogP contribution in [0.2, 0.25) is 0 Å². The molecule has 1 atom stereocenters. The van der Waals surface area contributed by atoms with Crippen LogP contribution >= 0.6 is 0 Å². The van der Waals surface area contributed by atoms with E-state index >= 15 is 0 Å². The van der Waals surface area contributed by atoms with E-state index in [1.54, 1.807) is 4.90 Å². The Morgan fingerprint density at radius 2 is 1.89 bits per heavy atom. The smallest absolute Gasteiger partial charge is 0.326 e. The van der Waals surface area contributed by atoms with Gasteiger partial charge >= 0.3 is 5.97 Å². The number of amides is 1. The standard InChI is InChI=1S/C14H24N2O3/c15-10-14(6-2-1-3-7-14)9-12(17)16-8-4-5-11(16)13(18)19/h11H,1-10,15H2,(H,18,19)/t11-/m0/s1. The molecule has 1 heterocycles. The second kappa shape index (κ2) is 5.90. The van der Waals surface area contributed by atoms with Crippen molar-refractivity contribution in [1.82, 2.24) is 4.90 Å². The maximum atomic E-state index is 12.4. The van der Waals surface area contributed by atoms with Crippen molar-refractivity contribution in [3.8, 4) is 0 Å². The van der Waals surface area contributed by atoms with Crippen molar-refractivity contribution in [2.24, 2.45) is 11.1 Å². The molecule has 1 saturated heterocycles. The summed E-state index contributed by atoms with van der Waals surface area (Å²) in [5, 5.41) is 9.14.